The van der Waals surface area contributed by atoms with Gasteiger partial charge >= 0.3 is 129 Å². The van der Waals surface area contributed by atoms with Gasteiger partial charge in [0.25, 0.3) is 0 Å². The van der Waals surface area contributed by atoms with Crippen LogP contribution in [0.2, 0.25) is 4.82 Å². The van der Waals surface area contributed by atoms with E-state index < -0.39 is 0 Å². The Balaban J connectivity index is 2.72. The molecule has 0 fully saturated rings. The fourth-order valence-corrected chi connectivity index (χ4v) is 3.95. The molecule has 0 saturated heterocycles. The Bertz CT molecular complexity index is 409. The third-order valence-electron chi connectivity index (χ3n) is 3.20. The number of esters is 1. The molecule has 0 radical (unpaired) electrons. The third-order valence-corrected chi connectivity index (χ3v) is 6.73. The fourth-order valence-electron chi connectivity index (χ4n) is 1.63. The molecule has 0 aromatic heterocycles. The van der Waals surface area contributed by atoms with E-state index in [0.29, 0.717) is 12.5 Å². The molecule has 3 heteroatoms. The Morgan fingerprint density at radius 2 is 1.85 bits per heavy atom. The van der Waals surface area contributed by atoms with Crippen molar-refractivity contribution < 1.29 is 9.53 Å². The molecule has 0 amide bonds. The van der Waals surface area contributed by atoms with Crippen LogP contribution in [0.25, 0.3) is 0 Å². The Labute approximate surface area is 129 Å². The van der Waals surface area contributed by atoms with Crippen LogP contribution in [-0.4, -0.2) is 27.5 Å². The molecule has 2 nitrogen and oxygen atoms in total. The van der Waals surface area contributed by atoms with Crippen LogP contribution in [0.3, 0.4) is 0 Å². The Hall–Kier alpha value is -0.791. The van der Waals surface area contributed by atoms with E-state index >= 15 is 0 Å². The molecule has 0 aliphatic carbocycles. The van der Waals surface area contributed by atoms with Gasteiger partial charge in [-0.05, 0) is 0 Å². The second-order valence-electron chi connectivity index (χ2n) is 6.32. The van der Waals surface area contributed by atoms with Gasteiger partial charge in [0.1, 0.15) is 0 Å². The van der Waals surface area contributed by atoms with Gasteiger partial charge in [-0.15, -0.1) is 0 Å². The molecule has 20 heavy (non-hydrogen) atoms. The number of benzene rings is 1. The first-order chi connectivity index (χ1) is 9.34. The van der Waals surface area contributed by atoms with Crippen LogP contribution in [0.15, 0.2) is 30.3 Å². The Morgan fingerprint density at radius 1 is 1.25 bits per heavy atom. The molecule has 1 aromatic rings. The molecule has 2 unspecified atom stereocenters. The summed E-state index contributed by atoms with van der Waals surface area (Å²) in [6.07, 6.45) is 1.04. The Kier molecular flexibility index (Phi) is 6.78. The summed E-state index contributed by atoms with van der Waals surface area (Å²) in [6.45, 7) is 11.1. The van der Waals surface area contributed by atoms with Gasteiger partial charge in [-0.1, -0.05) is 0 Å². The van der Waals surface area contributed by atoms with Gasteiger partial charge in [-0.25, -0.2) is 0 Å². The summed E-state index contributed by atoms with van der Waals surface area (Å²) in [5.74, 6) is 0.394. The van der Waals surface area contributed by atoms with Gasteiger partial charge in [0.05, 0.1) is 0 Å². The van der Waals surface area contributed by atoms with E-state index in [1.165, 1.54) is 4.46 Å². The zero-order valence-electron chi connectivity index (χ0n) is 13.2. The predicted octanol–water partition coefficient (Wildman–Crippen LogP) is 3.44. The van der Waals surface area contributed by atoms with E-state index in [2.05, 4.69) is 46.8 Å². The van der Waals surface area contributed by atoms with Crippen molar-refractivity contribution in [2.45, 2.75) is 45.9 Å². The summed E-state index contributed by atoms with van der Waals surface area (Å²) >= 11 is 0.103. The van der Waals surface area contributed by atoms with Crippen molar-refractivity contribution in [1.82, 2.24) is 0 Å². The fraction of sp³-hybridized carbons (Fsp3) is 0.588. The van der Waals surface area contributed by atoms with Gasteiger partial charge in [0.2, 0.25) is 0 Å². The molecule has 2 atom stereocenters. The molecule has 0 N–H and O–H groups in total. The molecular weight excluding hydrogens is 315 g/mol. The van der Waals surface area contributed by atoms with Crippen LogP contribution >= 0.6 is 0 Å². The minimum absolute atomic E-state index is 0.0401. The zero-order valence-corrected chi connectivity index (χ0v) is 14.9. The quantitative estimate of drug-likeness (QED) is 0.585. The van der Waals surface area contributed by atoms with E-state index in [9.17, 15) is 4.79 Å². The molecule has 1 rings (SSSR count). The number of hydrogen-bond donors (Lipinski definition) is 0. The maximum atomic E-state index is 12.4. The van der Waals surface area contributed by atoms with Crippen LogP contribution in [-0.2, 0) is 9.53 Å². The first-order valence-electron chi connectivity index (χ1n) is 7.23. The van der Waals surface area contributed by atoms with Crippen molar-refractivity contribution in [3.05, 3.63) is 30.3 Å². The molecule has 0 heterocycles. The van der Waals surface area contributed by atoms with Crippen molar-refractivity contribution in [1.29, 1.82) is 0 Å². The van der Waals surface area contributed by atoms with Gasteiger partial charge in [-0.2, -0.15) is 0 Å². The monoisotopic (exact) mass is 342 g/mol. The second-order valence-corrected chi connectivity index (χ2v) is 8.79. The molecule has 112 valence electrons. The normalized spacial score (nSPS) is 14.7. The average Bonchev–Trinajstić information content (AvgIpc) is 2.41. The number of hydrogen-bond acceptors (Lipinski definition) is 2. The number of carbonyl (C=O) groups excluding carboxylic acids is 1. The zero-order chi connectivity index (χ0) is 15.2. The van der Waals surface area contributed by atoms with Crippen molar-refractivity contribution >= 4 is 25.4 Å². The van der Waals surface area contributed by atoms with E-state index in [4.69, 9.17) is 4.74 Å². The number of carbonyl (C=O) groups is 1. The van der Waals surface area contributed by atoms with E-state index in [0.717, 1.165) is 6.42 Å². The van der Waals surface area contributed by atoms with Crippen LogP contribution in [0, 0.1) is 11.3 Å². The van der Waals surface area contributed by atoms with Gasteiger partial charge in [-0.3, -0.25) is 0 Å². The summed E-state index contributed by atoms with van der Waals surface area (Å²) in [6, 6.07) is 10.3. The maximum absolute atomic E-state index is 12.4. The minimum atomic E-state index is -0.0671. The topological polar surface area (TPSA) is 26.3 Å². The van der Waals surface area contributed by atoms with Crippen molar-refractivity contribution in [3.63, 3.8) is 0 Å². The first kappa shape index (κ1) is 17.3. The Morgan fingerprint density at radius 3 is 2.35 bits per heavy atom. The predicted molar refractivity (Wildman–Crippen MR) is 85.4 cm³/mol. The second kappa shape index (κ2) is 7.85. The summed E-state index contributed by atoms with van der Waals surface area (Å²) < 4.78 is 6.78. The van der Waals surface area contributed by atoms with Crippen LogP contribution < -0.4 is 4.46 Å². The standard InChI is InChI=1S/C17H26O2Se/c1-6-13(2)12-19-16(18)15(17(3,4)5)20-14-10-8-7-9-11-14/h7-11,13,15H,6,12H2,1-5H3. The number of ether oxygens (including phenoxy) is 1. The molecular formula is C17H26O2Se. The average molecular weight is 341 g/mol. The molecule has 0 spiro atoms. The van der Waals surface area contributed by atoms with Gasteiger partial charge in [0, 0.05) is 0 Å². The number of rotatable bonds is 6. The molecule has 1 aromatic carbocycles. The van der Waals surface area contributed by atoms with Gasteiger partial charge in [0.15, 0.2) is 0 Å². The first-order valence-corrected chi connectivity index (χ1v) is 9.07. The summed E-state index contributed by atoms with van der Waals surface area (Å²) in [4.78, 5) is 12.4. The molecule has 0 aliphatic heterocycles. The molecule has 0 saturated carbocycles. The third kappa shape index (κ3) is 5.68. The van der Waals surface area contributed by atoms with Crippen LogP contribution in [0.5, 0.6) is 0 Å². The van der Waals surface area contributed by atoms with E-state index in [1.807, 2.05) is 18.2 Å². The van der Waals surface area contributed by atoms with Gasteiger partial charge < -0.3 is 0 Å². The SMILES string of the molecule is CCC(C)COC(=O)C([Se]c1ccccc1)C(C)(C)C. The van der Waals surface area contributed by atoms with Crippen LogP contribution in [0.4, 0.5) is 0 Å². The summed E-state index contributed by atoms with van der Waals surface area (Å²) in [5.41, 5.74) is -0.0671. The molecule has 0 bridgehead atoms. The van der Waals surface area contributed by atoms with Crippen molar-refractivity contribution in [2.24, 2.45) is 11.3 Å². The van der Waals surface area contributed by atoms with Crippen molar-refractivity contribution in [3.8, 4) is 0 Å². The van der Waals surface area contributed by atoms with E-state index in [1.54, 1.807) is 0 Å². The van der Waals surface area contributed by atoms with E-state index in [-0.39, 0.29) is 31.2 Å². The van der Waals surface area contributed by atoms with Crippen molar-refractivity contribution in [2.75, 3.05) is 6.61 Å². The summed E-state index contributed by atoms with van der Waals surface area (Å²) in [7, 11) is 0. The van der Waals surface area contributed by atoms with Crippen LogP contribution in [0.1, 0.15) is 41.0 Å². The summed E-state index contributed by atoms with van der Waals surface area (Å²) in [5, 5.41) is 0. The molecule has 0 aliphatic rings.